The van der Waals surface area contributed by atoms with Crippen molar-refractivity contribution in [3.8, 4) is 11.5 Å². The maximum atomic E-state index is 12.4. The van der Waals surface area contributed by atoms with E-state index in [1.165, 1.54) is 12.3 Å². The third kappa shape index (κ3) is 2.78. The first-order valence-electron chi connectivity index (χ1n) is 6.23. The van der Waals surface area contributed by atoms with Crippen molar-refractivity contribution in [3.05, 3.63) is 41.9 Å². The fourth-order valence-electron chi connectivity index (χ4n) is 2.03. The highest BCUT2D eigenvalue weighted by Crippen LogP contribution is 2.32. The Kier molecular flexibility index (Phi) is 3.66. The van der Waals surface area contributed by atoms with Gasteiger partial charge in [-0.2, -0.15) is 0 Å². The monoisotopic (exact) mass is 308 g/mol. The topological polar surface area (TPSA) is 86.0 Å². The van der Waals surface area contributed by atoms with Crippen LogP contribution in [0.5, 0.6) is 11.5 Å². The molecule has 1 aromatic heterocycles. The van der Waals surface area contributed by atoms with Crippen molar-refractivity contribution in [2.24, 2.45) is 0 Å². The lowest BCUT2D eigenvalue weighted by atomic mass is 10.3. The van der Waals surface area contributed by atoms with E-state index in [0.29, 0.717) is 35.2 Å². The van der Waals surface area contributed by atoms with Gasteiger partial charge in [0.2, 0.25) is 5.76 Å². The van der Waals surface area contributed by atoms with Gasteiger partial charge in [-0.25, -0.2) is 4.79 Å². The van der Waals surface area contributed by atoms with Crippen molar-refractivity contribution in [2.75, 3.05) is 13.2 Å². The molecule has 1 atom stereocenters. The maximum absolute atomic E-state index is 12.4. The maximum Gasteiger partial charge on any atom is 0.372 e. The summed E-state index contributed by atoms with van der Waals surface area (Å²) in [4.78, 5) is 11.5. The Bertz CT molecular complexity index is 705. The van der Waals surface area contributed by atoms with Gasteiger partial charge in [-0.1, -0.05) is 0 Å². The summed E-state index contributed by atoms with van der Waals surface area (Å²) in [6.07, 6.45) is 1.28. The van der Waals surface area contributed by atoms with E-state index in [0.717, 1.165) is 0 Å². The van der Waals surface area contributed by atoms with Crippen LogP contribution in [0.1, 0.15) is 16.1 Å². The highest BCUT2D eigenvalue weighted by Gasteiger charge is 2.19. The van der Waals surface area contributed by atoms with Gasteiger partial charge in [0, 0.05) is 16.5 Å². The normalized spacial score (nSPS) is 14.7. The first-order valence-corrected chi connectivity index (χ1v) is 7.55. The lowest BCUT2D eigenvalue weighted by molar-refractivity contribution is 0.0661. The number of fused-ring (bicyclic) bond motifs is 1. The molecular weight excluding hydrogens is 296 g/mol. The van der Waals surface area contributed by atoms with Crippen molar-refractivity contribution in [2.45, 2.75) is 10.6 Å². The number of hydrogen-bond donors (Lipinski definition) is 1. The van der Waals surface area contributed by atoms with Gasteiger partial charge in [-0.15, -0.1) is 0 Å². The minimum absolute atomic E-state index is 0.0672. The minimum atomic E-state index is -1.40. The van der Waals surface area contributed by atoms with Crippen molar-refractivity contribution >= 4 is 16.8 Å². The summed E-state index contributed by atoms with van der Waals surface area (Å²) in [5.41, 5.74) is 0.399. The summed E-state index contributed by atoms with van der Waals surface area (Å²) in [7, 11) is -1.40. The molecule has 1 aliphatic heterocycles. The van der Waals surface area contributed by atoms with Crippen LogP contribution in [0.4, 0.5) is 0 Å². The number of rotatable bonds is 4. The van der Waals surface area contributed by atoms with Gasteiger partial charge in [-0.3, -0.25) is 4.21 Å². The third-order valence-electron chi connectivity index (χ3n) is 3.00. The second-order valence-electron chi connectivity index (χ2n) is 4.38. The summed E-state index contributed by atoms with van der Waals surface area (Å²) >= 11 is 0. The van der Waals surface area contributed by atoms with Crippen LogP contribution in [0.25, 0.3) is 0 Å². The zero-order valence-electron chi connectivity index (χ0n) is 10.9. The van der Waals surface area contributed by atoms with E-state index in [1.54, 1.807) is 18.2 Å². The standard InChI is InChI=1S/C14H12O6S/c15-14(16)13-9(3-4-20-13)8-21(17)10-1-2-11-12(7-10)19-6-5-18-11/h1-4,7H,5-6,8H2,(H,15,16). The van der Waals surface area contributed by atoms with Crippen LogP contribution >= 0.6 is 0 Å². The number of furan rings is 1. The fourth-order valence-corrected chi connectivity index (χ4v) is 3.16. The first-order chi connectivity index (χ1) is 10.1. The molecule has 21 heavy (non-hydrogen) atoms. The summed E-state index contributed by atoms with van der Waals surface area (Å²) in [6, 6.07) is 6.56. The number of carboxylic acid groups (broad SMARTS) is 1. The van der Waals surface area contributed by atoms with Crippen LogP contribution in [-0.4, -0.2) is 28.5 Å². The zero-order valence-corrected chi connectivity index (χ0v) is 11.7. The Balaban J connectivity index is 1.82. The Morgan fingerprint density at radius 2 is 1.95 bits per heavy atom. The summed E-state index contributed by atoms with van der Waals surface area (Å²) in [5.74, 6) is -0.109. The second kappa shape index (κ2) is 5.61. The molecule has 0 spiro atoms. The van der Waals surface area contributed by atoms with Gasteiger partial charge < -0.3 is 19.0 Å². The average molecular weight is 308 g/mol. The molecule has 1 unspecified atom stereocenters. The molecule has 0 saturated heterocycles. The molecule has 6 nitrogen and oxygen atoms in total. The van der Waals surface area contributed by atoms with Crippen LogP contribution < -0.4 is 9.47 Å². The number of aromatic carboxylic acids is 1. The van der Waals surface area contributed by atoms with Gasteiger partial charge in [0.05, 0.1) is 22.8 Å². The molecule has 7 heteroatoms. The molecule has 0 fully saturated rings. The van der Waals surface area contributed by atoms with Gasteiger partial charge in [0.1, 0.15) is 13.2 Å². The summed E-state index contributed by atoms with van der Waals surface area (Å²) < 4.78 is 28.1. The first kappa shape index (κ1) is 13.7. The molecule has 2 heterocycles. The molecule has 0 radical (unpaired) electrons. The Hall–Kier alpha value is -2.28. The van der Waals surface area contributed by atoms with Gasteiger partial charge >= 0.3 is 5.97 Å². The van der Waals surface area contributed by atoms with E-state index in [-0.39, 0.29) is 11.5 Å². The van der Waals surface area contributed by atoms with E-state index >= 15 is 0 Å². The van der Waals surface area contributed by atoms with Crippen LogP contribution in [0.2, 0.25) is 0 Å². The Morgan fingerprint density at radius 3 is 2.71 bits per heavy atom. The van der Waals surface area contributed by atoms with E-state index in [9.17, 15) is 9.00 Å². The molecule has 1 N–H and O–H groups in total. The van der Waals surface area contributed by atoms with Crippen LogP contribution in [0.3, 0.4) is 0 Å². The summed E-state index contributed by atoms with van der Waals surface area (Å²) in [5, 5.41) is 8.97. The minimum Gasteiger partial charge on any atom is -0.486 e. The highest BCUT2D eigenvalue weighted by molar-refractivity contribution is 7.84. The number of carbonyl (C=O) groups is 1. The Labute approximate surface area is 122 Å². The van der Waals surface area contributed by atoms with E-state index in [2.05, 4.69) is 0 Å². The van der Waals surface area contributed by atoms with Gasteiger partial charge in [0.15, 0.2) is 11.5 Å². The van der Waals surface area contributed by atoms with E-state index < -0.39 is 16.8 Å². The number of ether oxygens (including phenoxy) is 2. The number of hydrogen-bond acceptors (Lipinski definition) is 5. The highest BCUT2D eigenvalue weighted by atomic mass is 32.2. The summed E-state index contributed by atoms with van der Waals surface area (Å²) in [6.45, 7) is 0.945. The van der Waals surface area contributed by atoms with E-state index in [4.69, 9.17) is 19.0 Å². The molecule has 0 saturated carbocycles. The quantitative estimate of drug-likeness (QED) is 0.930. The average Bonchev–Trinajstić information content (AvgIpc) is 2.95. The fraction of sp³-hybridized carbons (Fsp3) is 0.214. The molecule has 110 valence electrons. The molecule has 1 aliphatic rings. The van der Waals surface area contributed by atoms with Crippen LogP contribution in [0.15, 0.2) is 39.8 Å². The van der Waals surface area contributed by atoms with Crippen LogP contribution in [-0.2, 0) is 16.6 Å². The molecule has 0 bridgehead atoms. The largest absolute Gasteiger partial charge is 0.486 e. The number of benzene rings is 1. The van der Waals surface area contributed by atoms with Crippen molar-refractivity contribution < 1.29 is 28.0 Å². The molecule has 0 amide bonds. The third-order valence-corrected chi connectivity index (χ3v) is 4.36. The SMILES string of the molecule is O=C(O)c1occc1CS(=O)c1ccc2c(c1)OCCO2. The molecule has 2 aromatic rings. The van der Waals surface area contributed by atoms with Gasteiger partial charge in [-0.05, 0) is 18.2 Å². The lowest BCUT2D eigenvalue weighted by Gasteiger charge is -2.18. The van der Waals surface area contributed by atoms with Gasteiger partial charge in [0.25, 0.3) is 0 Å². The predicted octanol–water partition coefficient (Wildman–Crippen LogP) is 2.06. The smallest absolute Gasteiger partial charge is 0.372 e. The van der Waals surface area contributed by atoms with Crippen LogP contribution in [0, 0.1) is 0 Å². The van der Waals surface area contributed by atoms with Crippen molar-refractivity contribution in [3.63, 3.8) is 0 Å². The molecule has 1 aromatic carbocycles. The molecule has 3 rings (SSSR count). The number of carboxylic acids is 1. The Morgan fingerprint density at radius 1 is 1.19 bits per heavy atom. The van der Waals surface area contributed by atoms with E-state index in [1.807, 2.05) is 0 Å². The zero-order chi connectivity index (χ0) is 14.8. The predicted molar refractivity (Wildman–Crippen MR) is 73.2 cm³/mol. The molecular formula is C14H12O6S. The molecule has 0 aliphatic carbocycles. The van der Waals surface area contributed by atoms with Crippen molar-refractivity contribution in [1.29, 1.82) is 0 Å². The van der Waals surface area contributed by atoms with Crippen molar-refractivity contribution in [1.82, 2.24) is 0 Å². The lowest BCUT2D eigenvalue weighted by Crippen LogP contribution is -2.15. The second-order valence-corrected chi connectivity index (χ2v) is 5.83.